The lowest BCUT2D eigenvalue weighted by atomic mass is 9.95. The van der Waals surface area contributed by atoms with E-state index in [9.17, 15) is 4.79 Å². The molecule has 2 bridgehead atoms. The zero-order valence-electron chi connectivity index (χ0n) is 14.0. The molecule has 3 saturated heterocycles. The van der Waals surface area contributed by atoms with Crippen molar-refractivity contribution in [2.24, 2.45) is 5.92 Å². The van der Waals surface area contributed by atoms with Crippen molar-refractivity contribution < 1.29 is 4.79 Å². The summed E-state index contributed by atoms with van der Waals surface area (Å²) in [6.45, 7) is 6.16. The van der Waals surface area contributed by atoms with Crippen LogP contribution in [-0.4, -0.2) is 57.3 Å². The molecule has 5 heterocycles. The van der Waals surface area contributed by atoms with Crippen LogP contribution in [0.25, 0.3) is 5.65 Å². The second kappa shape index (κ2) is 6.37. The Balaban J connectivity index is 1.57. The van der Waals surface area contributed by atoms with Gasteiger partial charge in [-0.15, -0.1) is 0 Å². The number of hydrogen-bond donors (Lipinski definition) is 0. The van der Waals surface area contributed by atoms with E-state index in [1.165, 1.54) is 19.3 Å². The highest BCUT2D eigenvalue weighted by atomic mass is 35.5. The highest BCUT2D eigenvalue weighted by Gasteiger charge is 2.36. The Morgan fingerprint density at radius 2 is 2.12 bits per heavy atom. The molecule has 128 valence electrons. The first-order valence-corrected chi connectivity index (χ1v) is 9.19. The predicted molar refractivity (Wildman–Crippen MR) is 94.5 cm³/mol. The van der Waals surface area contributed by atoms with Crippen LogP contribution in [0.15, 0.2) is 24.5 Å². The van der Waals surface area contributed by atoms with E-state index in [2.05, 4.69) is 16.8 Å². The molecule has 0 N–H and O–H groups in total. The maximum Gasteiger partial charge on any atom is 0.274 e. The largest absolute Gasteiger partial charge is 0.335 e. The van der Waals surface area contributed by atoms with Crippen molar-refractivity contribution in [2.75, 3.05) is 26.2 Å². The number of halogens is 1. The van der Waals surface area contributed by atoms with Crippen LogP contribution in [0.5, 0.6) is 0 Å². The van der Waals surface area contributed by atoms with Crippen LogP contribution >= 0.6 is 11.6 Å². The summed E-state index contributed by atoms with van der Waals surface area (Å²) in [4.78, 5) is 22.1. The molecule has 3 aliphatic rings. The summed E-state index contributed by atoms with van der Waals surface area (Å²) in [6, 6.07) is 4.14. The highest BCUT2D eigenvalue weighted by Crippen LogP contribution is 2.28. The number of imidazole rings is 1. The second-order valence-corrected chi connectivity index (χ2v) is 7.48. The van der Waals surface area contributed by atoms with Gasteiger partial charge in [0.15, 0.2) is 0 Å². The minimum Gasteiger partial charge on any atom is -0.335 e. The zero-order valence-corrected chi connectivity index (χ0v) is 14.7. The molecule has 2 atom stereocenters. The van der Waals surface area contributed by atoms with Gasteiger partial charge in [-0.2, -0.15) is 0 Å². The Labute approximate surface area is 147 Å². The molecule has 2 aromatic rings. The van der Waals surface area contributed by atoms with Gasteiger partial charge in [0.2, 0.25) is 0 Å². The first-order valence-electron chi connectivity index (χ1n) is 8.81. The Morgan fingerprint density at radius 3 is 2.96 bits per heavy atom. The van der Waals surface area contributed by atoms with E-state index < -0.39 is 0 Å². The van der Waals surface area contributed by atoms with Gasteiger partial charge in [0.25, 0.3) is 5.91 Å². The molecule has 3 aliphatic heterocycles. The van der Waals surface area contributed by atoms with Crippen molar-refractivity contribution in [3.8, 4) is 0 Å². The molecule has 2 aromatic heterocycles. The van der Waals surface area contributed by atoms with Gasteiger partial charge in [-0.25, -0.2) is 4.98 Å². The topological polar surface area (TPSA) is 40.9 Å². The van der Waals surface area contributed by atoms with Crippen molar-refractivity contribution in [3.63, 3.8) is 0 Å². The van der Waals surface area contributed by atoms with E-state index in [-0.39, 0.29) is 5.91 Å². The highest BCUT2D eigenvalue weighted by molar-refractivity contribution is 6.30. The summed E-state index contributed by atoms with van der Waals surface area (Å²) in [5.41, 5.74) is 1.27. The lowest BCUT2D eigenvalue weighted by molar-refractivity contribution is 0.0733. The maximum atomic E-state index is 13.0. The van der Waals surface area contributed by atoms with Crippen LogP contribution in [0.2, 0.25) is 5.02 Å². The molecule has 6 heteroatoms. The smallest absolute Gasteiger partial charge is 0.274 e. The molecule has 0 radical (unpaired) electrons. The van der Waals surface area contributed by atoms with Gasteiger partial charge in [0, 0.05) is 38.1 Å². The molecular formula is C18H23ClN4O. The lowest BCUT2D eigenvalue weighted by Gasteiger charge is -2.35. The standard InChI is InChI=1S/C18H23ClN4O/c1-2-7-21-8-13-3-5-15(21)11-23(9-13)18(24)16-12-22-10-14(19)4-6-17(22)20-16/h4,6,10,12-13,15H,2-3,5,7-9,11H2,1H3/t13-,15-/m1/s1. The van der Waals surface area contributed by atoms with E-state index in [0.29, 0.717) is 22.7 Å². The van der Waals surface area contributed by atoms with E-state index in [1.54, 1.807) is 18.5 Å². The molecule has 5 rings (SSSR count). The number of amides is 1. The van der Waals surface area contributed by atoms with Gasteiger partial charge in [0.1, 0.15) is 11.3 Å². The molecule has 0 aromatic carbocycles. The summed E-state index contributed by atoms with van der Waals surface area (Å²) >= 11 is 6.02. The summed E-state index contributed by atoms with van der Waals surface area (Å²) in [6.07, 6.45) is 7.19. The fourth-order valence-corrected chi connectivity index (χ4v) is 4.30. The Morgan fingerprint density at radius 1 is 1.25 bits per heavy atom. The van der Waals surface area contributed by atoms with E-state index >= 15 is 0 Å². The predicted octanol–water partition coefficient (Wildman–Crippen LogP) is 2.93. The number of nitrogens with zero attached hydrogens (tertiary/aromatic N) is 4. The molecule has 1 amide bonds. The molecule has 0 saturated carbocycles. The number of hydrogen-bond acceptors (Lipinski definition) is 3. The van der Waals surface area contributed by atoms with Crippen molar-refractivity contribution in [1.29, 1.82) is 0 Å². The number of piperidine rings is 1. The Bertz CT molecular complexity index is 759. The Hall–Kier alpha value is -1.59. The summed E-state index contributed by atoms with van der Waals surface area (Å²) in [7, 11) is 0. The monoisotopic (exact) mass is 346 g/mol. The molecule has 0 spiro atoms. The average Bonchev–Trinajstić information content (AvgIpc) is 2.77. The van der Waals surface area contributed by atoms with Crippen LogP contribution in [-0.2, 0) is 0 Å². The molecule has 3 fully saturated rings. The quantitative estimate of drug-likeness (QED) is 0.858. The van der Waals surface area contributed by atoms with Crippen molar-refractivity contribution >= 4 is 23.2 Å². The van der Waals surface area contributed by atoms with Crippen molar-refractivity contribution in [3.05, 3.63) is 35.2 Å². The first-order chi connectivity index (χ1) is 11.6. The number of carbonyl (C=O) groups is 1. The molecular weight excluding hydrogens is 324 g/mol. The van der Waals surface area contributed by atoms with Crippen LogP contribution in [0.4, 0.5) is 0 Å². The second-order valence-electron chi connectivity index (χ2n) is 7.04. The molecule has 0 unspecified atom stereocenters. The zero-order chi connectivity index (χ0) is 16.7. The van der Waals surface area contributed by atoms with Gasteiger partial charge >= 0.3 is 0 Å². The third-order valence-corrected chi connectivity index (χ3v) is 5.48. The fourth-order valence-electron chi connectivity index (χ4n) is 4.14. The number of pyridine rings is 1. The third kappa shape index (κ3) is 2.91. The molecule has 5 nitrogen and oxygen atoms in total. The van der Waals surface area contributed by atoms with E-state index in [1.807, 2.05) is 15.4 Å². The third-order valence-electron chi connectivity index (χ3n) is 5.26. The number of carbonyl (C=O) groups excluding carboxylic acids is 1. The van der Waals surface area contributed by atoms with E-state index in [0.717, 1.165) is 31.8 Å². The number of rotatable bonds is 3. The van der Waals surface area contributed by atoms with Gasteiger partial charge in [-0.3, -0.25) is 9.69 Å². The number of fused-ring (bicyclic) bond motifs is 5. The first kappa shape index (κ1) is 15.9. The SMILES string of the molecule is CCCN1C[C@H]2CC[C@@H]1CN(C(=O)c1cn3cc(Cl)ccc3n1)C2. The van der Waals surface area contributed by atoms with Crippen molar-refractivity contribution in [2.45, 2.75) is 32.2 Å². The van der Waals surface area contributed by atoms with Crippen LogP contribution < -0.4 is 0 Å². The minimum atomic E-state index is 0.0464. The summed E-state index contributed by atoms with van der Waals surface area (Å²) in [5.74, 6) is 0.635. The average molecular weight is 347 g/mol. The van der Waals surface area contributed by atoms with Gasteiger partial charge < -0.3 is 9.30 Å². The van der Waals surface area contributed by atoms with Crippen LogP contribution in [0.1, 0.15) is 36.7 Å². The lowest BCUT2D eigenvalue weighted by Crippen LogP contribution is -2.44. The fraction of sp³-hybridized carbons (Fsp3) is 0.556. The summed E-state index contributed by atoms with van der Waals surface area (Å²) < 4.78 is 1.82. The summed E-state index contributed by atoms with van der Waals surface area (Å²) in [5, 5.41) is 0.641. The Kier molecular flexibility index (Phi) is 4.22. The molecule has 24 heavy (non-hydrogen) atoms. The van der Waals surface area contributed by atoms with Gasteiger partial charge in [-0.05, 0) is 43.9 Å². The van der Waals surface area contributed by atoms with Crippen molar-refractivity contribution in [1.82, 2.24) is 19.2 Å². The molecule has 0 aliphatic carbocycles. The van der Waals surface area contributed by atoms with E-state index in [4.69, 9.17) is 11.6 Å². The van der Waals surface area contributed by atoms with Crippen LogP contribution in [0.3, 0.4) is 0 Å². The minimum absolute atomic E-state index is 0.0464. The number of aromatic nitrogens is 2. The van der Waals surface area contributed by atoms with Gasteiger partial charge in [0.05, 0.1) is 5.02 Å². The maximum absolute atomic E-state index is 13.0. The van der Waals surface area contributed by atoms with Gasteiger partial charge in [-0.1, -0.05) is 18.5 Å². The normalized spacial score (nSPS) is 24.5. The van der Waals surface area contributed by atoms with Crippen LogP contribution in [0, 0.1) is 5.92 Å².